The third-order valence-corrected chi connectivity index (χ3v) is 4.51. The lowest BCUT2D eigenvalue weighted by Gasteiger charge is -2.13. The average Bonchev–Trinajstić information content (AvgIpc) is 2.69. The van der Waals surface area contributed by atoms with Crippen LogP contribution in [0.3, 0.4) is 0 Å². The Morgan fingerprint density at radius 1 is 1.30 bits per heavy atom. The van der Waals surface area contributed by atoms with Crippen molar-refractivity contribution in [2.75, 3.05) is 5.32 Å². The van der Waals surface area contributed by atoms with E-state index in [4.69, 9.17) is 23.2 Å². The highest BCUT2D eigenvalue weighted by molar-refractivity contribution is 9.10. The number of hydrogen-bond donors (Lipinski definition) is 1. The minimum atomic E-state index is 0.484. The van der Waals surface area contributed by atoms with Crippen LogP contribution in [0.4, 0.5) is 11.6 Å². The molecule has 3 nitrogen and oxygen atoms in total. The molecule has 1 aromatic carbocycles. The first-order chi connectivity index (χ1) is 9.38. The monoisotopic (exact) mass is 375 g/mol. The van der Waals surface area contributed by atoms with E-state index in [1.807, 2.05) is 25.3 Å². The molecule has 6 heteroatoms. The predicted molar refractivity (Wildman–Crippen MR) is 89.2 cm³/mol. The molecular formula is C14H16BrCl2N3. The van der Waals surface area contributed by atoms with E-state index >= 15 is 0 Å². The van der Waals surface area contributed by atoms with Crippen molar-refractivity contribution in [2.45, 2.75) is 27.3 Å². The van der Waals surface area contributed by atoms with Crippen LogP contribution in [0.1, 0.15) is 19.5 Å². The van der Waals surface area contributed by atoms with Gasteiger partial charge in [-0.1, -0.05) is 37.0 Å². The van der Waals surface area contributed by atoms with Crippen LogP contribution in [-0.4, -0.2) is 9.55 Å². The molecule has 1 N–H and O–H groups in total. The Balaban J connectivity index is 2.33. The molecule has 2 rings (SSSR count). The molecular weight excluding hydrogens is 361 g/mol. The van der Waals surface area contributed by atoms with E-state index in [0.717, 1.165) is 28.3 Å². The summed E-state index contributed by atoms with van der Waals surface area (Å²) in [5, 5.41) is 4.23. The zero-order chi connectivity index (χ0) is 14.9. The van der Waals surface area contributed by atoms with Gasteiger partial charge in [-0.2, -0.15) is 0 Å². The molecule has 108 valence electrons. The maximum Gasteiger partial charge on any atom is 0.207 e. The zero-order valence-electron chi connectivity index (χ0n) is 11.5. The van der Waals surface area contributed by atoms with Crippen molar-refractivity contribution in [2.24, 2.45) is 5.92 Å². The molecule has 0 saturated heterocycles. The molecule has 0 unspecified atom stereocenters. The van der Waals surface area contributed by atoms with Gasteiger partial charge >= 0.3 is 0 Å². The summed E-state index contributed by atoms with van der Waals surface area (Å²) >= 11 is 15.7. The number of rotatable bonds is 4. The van der Waals surface area contributed by atoms with E-state index < -0.39 is 0 Å². The topological polar surface area (TPSA) is 29.9 Å². The highest BCUT2D eigenvalue weighted by Gasteiger charge is 2.12. The average molecular weight is 377 g/mol. The van der Waals surface area contributed by atoms with Crippen LogP contribution in [-0.2, 0) is 6.54 Å². The summed E-state index contributed by atoms with van der Waals surface area (Å²) in [5.41, 5.74) is 1.71. The lowest BCUT2D eigenvalue weighted by molar-refractivity contribution is 0.527. The largest absolute Gasteiger partial charge is 0.324 e. The molecule has 0 amide bonds. The van der Waals surface area contributed by atoms with Gasteiger partial charge in [-0.15, -0.1) is 0 Å². The summed E-state index contributed by atoms with van der Waals surface area (Å²) in [6.07, 6.45) is 2.02. The number of imidazole rings is 1. The van der Waals surface area contributed by atoms with Crippen molar-refractivity contribution < 1.29 is 0 Å². The second-order valence-electron chi connectivity index (χ2n) is 5.10. The van der Waals surface area contributed by atoms with E-state index in [9.17, 15) is 0 Å². The quantitative estimate of drug-likeness (QED) is 0.697. The van der Waals surface area contributed by atoms with E-state index in [1.165, 1.54) is 0 Å². The van der Waals surface area contributed by atoms with Gasteiger partial charge in [0.2, 0.25) is 5.95 Å². The number of aromatic nitrogens is 2. The smallest absolute Gasteiger partial charge is 0.207 e. The molecule has 0 aliphatic carbocycles. The van der Waals surface area contributed by atoms with Crippen molar-refractivity contribution in [3.8, 4) is 0 Å². The Labute approximate surface area is 137 Å². The minimum absolute atomic E-state index is 0.484. The normalized spacial score (nSPS) is 11.2. The Hall–Kier alpha value is -0.710. The first-order valence-electron chi connectivity index (χ1n) is 6.32. The van der Waals surface area contributed by atoms with Crippen molar-refractivity contribution >= 4 is 50.8 Å². The Morgan fingerprint density at radius 2 is 2.00 bits per heavy atom. The fraction of sp³-hybridized carbons (Fsp3) is 0.357. The first-order valence-corrected chi connectivity index (χ1v) is 7.87. The van der Waals surface area contributed by atoms with Crippen molar-refractivity contribution in [1.29, 1.82) is 0 Å². The van der Waals surface area contributed by atoms with Gasteiger partial charge in [0.1, 0.15) is 0 Å². The number of nitrogens with zero attached hydrogens (tertiary/aromatic N) is 2. The molecule has 1 aromatic heterocycles. The maximum absolute atomic E-state index is 6.25. The number of halogens is 3. The highest BCUT2D eigenvalue weighted by atomic mass is 79.9. The molecule has 2 aromatic rings. The number of anilines is 2. The SMILES string of the molecule is Cc1cn(CC(C)C)c(Nc2ccc(Br)c(Cl)c2Cl)n1. The van der Waals surface area contributed by atoms with Gasteiger partial charge in [-0.05, 0) is 40.9 Å². The van der Waals surface area contributed by atoms with Crippen LogP contribution in [0.15, 0.2) is 22.8 Å². The van der Waals surface area contributed by atoms with Crippen LogP contribution in [0, 0.1) is 12.8 Å². The van der Waals surface area contributed by atoms with Gasteiger partial charge in [0.25, 0.3) is 0 Å². The van der Waals surface area contributed by atoms with Crippen LogP contribution in [0.5, 0.6) is 0 Å². The van der Waals surface area contributed by atoms with E-state index in [-0.39, 0.29) is 0 Å². The standard InChI is InChI=1S/C14H16BrCl2N3/c1-8(2)6-20-7-9(3)18-14(20)19-11-5-4-10(15)12(16)13(11)17/h4-5,7-8H,6H2,1-3H3,(H,18,19). The summed E-state index contributed by atoms with van der Waals surface area (Å²) in [6.45, 7) is 7.20. The Morgan fingerprint density at radius 3 is 2.65 bits per heavy atom. The van der Waals surface area contributed by atoms with Crippen molar-refractivity contribution in [1.82, 2.24) is 9.55 Å². The molecule has 0 spiro atoms. The lowest BCUT2D eigenvalue weighted by atomic mass is 10.2. The molecule has 0 aliphatic heterocycles. The van der Waals surface area contributed by atoms with E-state index in [1.54, 1.807) is 0 Å². The number of hydrogen-bond acceptors (Lipinski definition) is 2. The first kappa shape index (κ1) is 15.7. The third kappa shape index (κ3) is 3.48. The van der Waals surface area contributed by atoms with Gasteiger partial charge in [0, 0.05) is 17.2 Å². The number of nitrogens with one attached hydrogen (secondary N) is 1. The molecule has 0 atom stereocenters. The third-order valence-electron chi connectivity index (χ3n) is 2.74. The fourth-order valence-corrected chi connectivity index (χ4v) is 2.74. The number of aryl methyl sites for hydroxylation is 1. The molecule has 1 heterocycles. The van der Waals surface area contributed by atoms with Gasteiger partial charge in [-0.25, -0.2) is 4.98 Å². The Bertz CT molecular complexity index is 623. The number of benzene rings is 1. The second-order valence-corrected chi connectivity index (χ2v) is 6.71. The van der Waals surface area contributed by atoms with Crippen LogP contribution >= 0.6 is 39.1 Å². The molecule has 0 radical (unpaired) electrons. The molecule has 0 bridgehead atoms. The fourth-order valence-electron chi connectivity index (χ4n) is 1.92. The van der Waals surface area contributed by atoms with Crippen molar-refractivity contribution in [3.63, 3.8) is 0 Å². The predicted octanol–water partition coefficient (Wildman–Crippen LogP) is 5.66. The highest BCUT2D eigenvalue weighted by Crippen LogP contribution is 2.37. The summed E-state index contributed by atoms with van der Waals surface area (Å²) < 4.78 is 2.86. The van der Waals surface area contributed by atoms with Crippen LogP contribution in [0.25, 0.3) is 0 Å². The van der Waals surface area contributed by atoms with Gasteiger partial charge < -0.3 is 9.88 Å². The molecule has 0 fully saturated rings. The van der Waals surface area contributed by atoms with Gasteiger partial charge in [0.05, 0.1) is 21.4 Å². The minimum Gasteiger partial charge on any atom is -0.324 e. The van der Waals surface area contributed by atoms with Gasteiger partial charge in [0.15, 0.2) is 0 Å². The van der Waals surface area contributed by atoms with E-state index in [0.29, 0.717) is 16.0 Å². The van der Waals surface area contributed by atoms with Crippen molar-refractivity contribution in [3.05, 3.63) is 38.5 Å². The van der Waals surface area contributed by atoms with E-state index in [2.05, 4.69) is 44.6 Å². The summed E-state index contributed by atoms with van der Waals surface area (Å²) in [6, 6.07) is 3.74. The zero-order valence-corrected chi connectivity index (χ0v) is 14.6. The summed E-state index contributed by atoms with van der Waals surface area (Å²) in [5.74, 6) is 1.31. The molecule has 0 aliphatic rings. The summed E-state index contributed by atoms with van der Waals surface area (Å²) in [7, 11) is 0. The summed E-state index contributed by atoms with van der Waals surface area (Å²) in [4.78, 5) is 4.49. The lowest BCUT2D eigenvalue weighted by Crippen LogP contribution is -2.07. The van der Waals surface area contributed by atoms with Gasteiger partial charge in [-0.3, -0.25) is 0 Å². The molecule has 20 heavy (non-hydrogen) atoms. The van der Waals surface area contributed by atoms with Crippen LogP contribution in [0.2, 0.25) is 10.0 Å². The molecule has 0 saturated carbocycles. The Kier molecular flexibility index (Phi) is 4.99. The maximum atomic E-state index is 6.25. The second kappa shape index (κ2) is 6.37. The van der Waals surface area contributed by atoms with Crippen LogP contribution < -0.4 is 5.32 Å².